The van der Waals surface area contributed by atoms with Gasteiger partial charge in [-0.25, -0.2) is 0 Å². The van der Waals surface area contributed by atoms with Crippen LogP contribution in [0.2, 0.25) is 5.22 Å². The van der Waals surface area contributed by atoms with E-state index < -0.39 is 5.92 Å². The van der Waals surface area contributed by atoms with Crippen molar-refractivity contribution in [3.63, 3.8) is 0 Å². The van der Waals surface area contributed by atoms with Gasteiger partial charge in [-0.05, 0) is 36.6 Å². The summed E-state index contributed by atoms with van der Waals surface area (Å²) in [6.45, 7) is 0.529. The largest absolute Gasteiger partial charge is 0.468 e. The fourth-order valence-electron chi connectivity index (χ4n) is 1.85. The van der Waals surface area contributed by atoms with Crippen LogP contribution < -0.4 is 5.32 Å². The minimum Gasteiger partial charge on any atom is -0.468 e. The summed E-state index contributed by atoms with van der Waals surface area (Å²) in [7, 11) is 1.38. The number of methoxy groups -OCH3 is 1. The number of hydrogen-bond acceptors (Lipinski definition) is 4. The van der Waals surface area contributed by atoms with E-state index in [0.29, 0.717) is 18.3 Å². The molecule has 1 atom stereocenters. The summed E-state index contributed by atoms with van der Waals surface area (Å²) >= 11 is 5.71. The van der Waals surface area contributed by atoms with Crippen LogP contribution in [0, 0.1) is 0 Å². The molecule has 4 nitrogen and oxygen atoms in total. The first-order valence-corrected chi connectivity index (χ1v) is 6.15. The number of hydrogen-bond donors (Lipinski definition) is 1. The second-order valence-corrected chi connectivity index (χ2v) is 4.63. The molecule has 1 unspecified atom stereocenters. The van der Waals surface area contributed by atoms with E-state index in [1.165, 1.54) is 26.4 Å². The number of halogens is 1. The van der Waals surface area contributed by atoms with Gasteiger partial charge < -0.3 is 14.5 Å². The van der Waals surface area contributed by atoms with Crippen LogP contribution in [0.25, 0.3) is 0 Å². The Hall–Kier alpha value is -1.00. The summed E-state index contributed by atoms with van der Waals surface area (Å²) in [5, 5.41) is 3.63. The quantitative estimate of drug-likeness (QED) is 0.823. The minimum atomic E-state index is -0.423. The lowest BCUT2D eigenvalue weighted by Crippen LogP contribution is -2.39. The molecule has 0 aliphatic heterocycles. The van der Waals surface area contributed by atoms with E-state index in [2.05, 4.69) is 5.32 Å². The molecule has 1 heterocycles. The SMILES string of the molecule is COC(=O)C(CNC1CCC1)c1ccc(Cl)o1. The van der Waals surface area contributed by atoms with Gasteiger partial charge in [0, 0.05) is 12.6 Å². The lowest BCUT2D eigenvalue weighted by molar-refractivity contribution is -0.142. The Morgan fingerprint density at radius 2 is 2.41 bits per heavy atom. The van der Waals surface area contributed by atoms with Gasteiger partial charge in [-0.15, -0.1) is 0 Å². The molecule has 1 N–H and O–H groups in total. The zero-order valence-electron chi connectivity index (χ0n) is 9.74. The molecule has 0 radical (unpaired) electrons. The molecular formula is C12H16ClNO3. The van der Waals surface area contributed by atoms with E-state index in [0.717, 1.165) is 0 Å². The first-order chi connectivity index (χ1) is 8.20. The maximum Gasteiger partial charge on any atom is 0.317 e. The molecule has 1 fully saturated rings. The van der Waals surface area contributed by atoms with Crippen LogP contribution in [0.5, 0.6) is 0 Å². The molecule has 1 saturated carbocycles. The summed E-state index contributed by atoms with van der Waals surface area (Å²) in [5.74, 6) is -0.176. The number of carbonyl (C=O) groups is 1. The molecule has 2 rings (SSSR count). The van der Waals surface area contributed by atoms with E-state index in [1.54, 1.807) is 12.1 Å². The molecule has 94 valence electrons. The summed E-state index contributed by atoms with van der Waals surface area (Å²) in [6.07, 6.45) is 3.60. The standard InChI is InChI=1S/C12H16ClNO3/c1-16-12(15)9(7-14-8-3-2-4-8)10-5-6-11(13)17-10/h5-6,8-9,14H,2-4,7H2,1H3. The predicted octanol–water partition coefficient (Wildman–Crippen LogP) is 2.33. The number of rotatable bonds is 5. The Balaban J connectivity index is 1.99. The zero-order chi connectivity index (χ0) is 12.3. The van der Waals surface area contributed by atoms with Gasteiger partial charge in [0.25, 0.3) is 0 Å². The maximum atomic E-state index is 11.7. The van der Waals surface area contributed by atoms with E-state index >= 15 is 0 Å². The topological polar surface area (TPSA) is 51.5 Å². The van der Waals surface area contributed by atoms with Crippen LogP contribution in [0.15, 0.2) is 16.5 Å². The average molecular weight is 258 g/mol. The van der Waals surface area contributed by atoms with E-state index in [-0.39, 0.29) is 11.2 Å². The van der Waals surface area contributed by atoms with E-state index in [4.69, 9.17) is 20.8 Å². The van der Waals surface area contributed by atoms with Crippen LogP contribution in [0.4, 0.5) is 0 Å². The van der Waals surface area contributed by atoms with Crippen LogP contribution >= 0.6 is 11.6 Å². The molecule has 0 bridgehead atoms. The number of esters is 1. The lowest BCUT2D eigenvalue weighted by atomic mass is 9.92. The highest BCUT2D eigenvalue weighted by Gasteiger charge is 2.27. The van der Waals surface area contributed by atoms with E-state index in [1.807, 2.05) is 0 Å². The van der Waals surface area contributed by atoms with Gasteiger partial charge >= 0.3 is 5.97 Å². The molecule has 1 aromatic heterocycles. The van der Waals surface area contributed by atoms with E-state index in [9.17, 15) is 4.79 Å². The highest BCUT2D eigenvalue weighted by Crippen LogP contribution is 2.24. The first kappa shape index (κ1) is 12.5. The zero-order valence-corrected chi connectivity index (χ0v) is 10.5. The third-order valence-corrected chi connectivity index (χ3v) is 3.34. The van der Waals surface area contributed by atoms with Crippen LogP contribution in [-0.4, -0.2) is 25.7 Å². The van der Waals surface area contributed by atoms with Crippen LogP contribution in [0.1, 0.15) is 30.9 Å². The smallest absolute Gasteiger partial charge is 0.317 e. The fraction of sp³-hybridized carbons (Fsp3) is 0.583. The molecule has 1 aliphatic rings. The van der Waals surface area contributed by atoms with Crippen molar-refractivity contribution in [3.05, 3.63) is 23.1 Å². The number of nitrogens with one attached hydrogen (secondary N) is 1. The first-order valence-electron chi connectivity index (χ1n) is 5.77. The third-order valence-electron chi connectivity index (χ3n) is 3.14. The summed E-state index contributed by atoms with van der Waals surface area (Å²) in [4.78, 5) is 11.7. The number of ether oxygens (including phenoxy) is 1. The third kappa shape index (κ3) is 3.01. The molecule has 0 saturated heterocycles. The Morgan fingerprint density at radius 3 is 2.88 bits per heavy atom. The predicted molar refractivity (Wildman–Crippen MR) is 64.1 cm³/mol. The van der Waals surface area contributed by atoms with Gasteiger partial charge in [-0.1, -0.05) is 6.42 Å². The van der Waals surface area contributed by atoms with Gasteiger partial charge in [-0.2, -0.15) is 0 Å². The van der Waals surface area contributed by atoms with Crippen LogP contribution in [-0.2, 0) is 9.53 Å². The summed E-state index contributed by atoms with van der Waals surface area (Å²) in [5.41, 5.74) is 0. The molecule has 0 spiro atoms. The normalized spacial score (nSPS) is 17.5. The average Bonchev–Trinajstić information content (AvgIpc) is 2.67. The van der Waals surface area contributed by atoms with Gasteiger partial charge in [-0.3, -0.25) is 4.79 Å². The molecular weight excluding hydrogens is 242 g/mol. The highest BCUT2D eigenvalue weighted by molar-refractivity contribution is 6.28. The molecule has 0 aromatic carbocycles. The monoisotopic (exact) mass is 257 g/mol. The molecule has 5 heteroatoms. The molecule has 0 amide bonds. The summed E-state index contributed by atoms with van der Waals surface area (Å²) in [6, 6.07) is 3.87. The lowest BCUT2D eigenvalue weighted by Gasteiger charge is -2.27. The second-order valence-electron chi connectivity index (χ2n) is 4.25. The van der Waals surface area contributed by atoms with Gasteiger partial charge in [0.15, 0.2) is 5.22 Å². The van der Waals surface area contributed by atoms with Crippen LogP contribution in [0.3, 0.4) is 0 Å². The Morgan fingerprint density at radius 1 is 1.65 bits per heavy atom. The van der Waals surface area contributed by atoms with Crippen molar-refractivity contribution in [1.82, 2.24) is 5.32 Å². The van der Waals surface area contributed by atoms with Crippen molar-refractivity contribution < 1.29 is 13.9 Å². The van der Waals surface area contributed by atoms with Gasteiger partial charge in [0.05, 0.1) is 7.11 Å². The van der Waals surface area contributed by atoms with Crippen molar-refractivity contribution in [1.29, 1.82) is 0 Å². The van der Waals surface area contributed by atoms with Crippen molar-refractivity contribution >= 4 is 17.6 Å². The van der Waals surface area contributed by atoms with Gasteiger partial charge in [0.2, 0.25) is 0 Å². The van der Waals surface area contributed by atoms with Gasteiger partial charge in [0.1, 0.15) is 11.7 Å². The second kappa shape index (κ2) is 5.56. The highest BCUT2D eigenvalue weighted by atomic mass is 35.5. The molecule has 17 heavy (non-hydrogen) atoms. The summed E-state index contributed by atoms with van der Waals surface area (Å²) < 4.78 is 10.1. The fourth-order valence-corrected chi connectivity index (χ4v) is 2.01. The Labute approximate surface area is 105 Å². The maximum absolute atomic E-state index is 11.7. The Kier molecular flexibility index (Phi) is 4.07. The number of carbonyl (C=O) groups excluding carboxylic acids is 1. The van der Waals surface area contributed by atoms with Crippen molar-refractivity contribution in [2.75, 3.05) is 13.7 Å². The number of furan rings is 1. The van der Waals surface area contributed by atoms with Crippen molar-refractivity contribution in [2.45, 2.75) is 31.2 Å². The Bertz CT molecular complexity index is 387. The minimum absolute atomic E-state index is 0.289. The van der Waals surface area contributed by atoms with Crippen molar-refractivity contribution in [3.8, 4) is 0 Å². The van der Waals surface area contributed by atoms with Crippen molar-refractivity contribution in [2.24, 2.45) is 0 Å². The molecule has 1 aromatic rings. The molecule has 1 aliphatic carbocycles.